The van der Waals surface area contributed by atoms with Gasteiger partial charge in [-0.15, -0.1) is 0 Å². The summed E-state index contributed by atoms with van der Waals surface area (Å²) in [7, 11) is 1.45. The number of benzene rings is 2. The summed E-state index contributed by atoms with van der Waals surface area (Å²) < 4.78 is 16.1. The van der Waals surface area contributed by atoms with E-state index < -0.39 is 5.97 Å². The maximum atomic E-state index is 12.3. The molecule has 0 saturated heterocycles. The van der Waals surface area contributed by atoms with Crippen molar-refractivity contribution in [3.63, 3.8) is 0 Å². The predicted octanol–water partition coefficient (Wildman–Crippen LogP) is 4.30. The van der Waals surface area contributed by atoms with Gasteiger partial charge in [-0.2, -0.15) is 0 Å². The molecule has 0 aliphatic heterocycles. The number of methoxy groups -OCH3 is 1. The molecule has 0 aliphatic rings. The molecule has 0 spiro atoms. The smallest absolute Gasteiger partial charge is 0.343 e. The van der Waals surface area contributed by atoms with Gasteiger partial charge in [0.05, 0.1) is 24.8 Å². The fourth-order valence-corrected chi connectivity index (χ4v) is 2.28. The topological polar surface area (TPSA) is 61.8 Å². The minimum Gasteiger partial charge on any atom is -0.494 e. The molecule has 0 N–H and O–H groups in total. The molecule has 0 saturated carbocycles. The lowest BCUT2D eigenvalue weighted by Crippen LogP contribution is -2.10. The van der Waals surface area contributed by atoms with Crippen molar-refractivity contribution in [2.24, 2.45) is 0 Å². The summed E-state index contributed by atoms with van der Waals surface area (Å²) in [5.74, 6) is 0.586. The van der Waals surface area contributed by atoms with Crippen molar-refractivity contribution in [2.75, 3.05) is 13.7 Å². The second-order valence-electron chi connectivity index (χ2n) is 5.47. The highest BCUT2D eigenvalue weighted by atomic mass is 16.6. The Kier molecular flexibility index (Phi) is 7.01. The van der Waals surface area contributed by atoms with Gasteiger partial charge in [-0.25, -0.2) is 4.79 Å². The van der Waals surface area contributed by atoms with Gasteiger partial charge < -0.3 is 14.2 Å². The van der Waals surface area contributed by atoms with Crippen LogP contribution in [0.1, 0.15) is 46.9 Å². The number of carbonyl (C=O) groups is 2. The molecule has 5 nitrogen and oxygen atoms in total. The van der Waals surface area contributed by atoms with Crippen LogP contribution >= 0.6 is 0 Å². The van der Waals surface area contributed by atoms with E-state index in [0.717, 1.165) is 19.3 Å². The maximum Gasteiger partial charge on any atom is 0.343 e. The average molecular weight is 342 g/mol. The highest BCUT2D eigenvalue weighted by molar-refractivity contribution is 5.93. The summed E-state index contributed by atoms with van der Waals surface area (Å²) in [5, 5.41) is 0. The van der Waals surface area contributed by atoms with Crippen molar-refractivity contribution >= 4 is 12.3 Å². The number of hydrogen-bond acceptors (Lipinski definition) is 5. The molecular weight excluding hydrogens is 320 g/mol. The van der Waals surface area contributed by atoms with E-state index in [1.807, 2.05) is 0 Å². The summed E-state index contributed by atoms with van der Waals surface area (Å²) >= 11 is 0. The average Bonchev–Trinajstić information content (AvgIpc) is 2.65. The first kappa shape index (κ1) is 18.5. The van der Waals surface area contributed by atoms with Crippen LogP contribution in [0.3, 0.4) is 0 Å². The van der Waals surface area contributed by atoms with E-state index in [4.69, 9.17) is 14.2 Å². The molecule has 5 heteroatoms. The van der Waals surface area contributed by atoms with Gasteiger partial charge in [0.1, 0.15) is 5.75 Å². The zero-order valence-electron chi connectivity index (χ0n) is 14.5. The van der Waals surface area contributed by atoms with Crippen molar-refractivity contribution in [1.29, 1.82) is 0 Å². The molecule has 25 heavy (non-hydrogen) atoms. The molecule has 0 atom stereocenters. The maximum absolute atomic E-state index is 12.3. The number of rotatable bonds is 9. The van der Waals surface area contributed by atoms with E-state index in [1.54, 1.807) is 42.5 Å². The summed E-state index contributed by atoms with van der Waals surface area (Å²) in [6.07, 6.45) is 3.89. The highest BCUT2D eigenvalue weighted by Crippen LogP contribution is 2.30. The Labute approximate surface area is 147 Å². The highest BCUT2D eigenvalue weighted by Gasteiger charge is 2.16. The summed E-state index contributed by atoms with van der Waals surface area (Å²) in [5.41, 5.74) is 0.618. The third kappa shape index (κ3) is 5.08. The van der Waals surface area contributed by atoms with Crippen LogP contribution in [0, 0.1) is 0 Å². The van der Waals surface area contributed by atoms with Gasteiger partial charge in [0.15, 0.2) is 17.8 Å². The number of ether oxygens (including phenoxy) is 3. The van der Waals surface area contributed by atoms with Gasteiger partial charge in [-0.05, 0) is 42.8 Å². The van der Waals surface area contributed by atoms with Gasteiger partial charge in [-0.3, -0.25) is 4.79 Å². The monoisotopic (exact) mass is 342 g/mol. The van der Waals surface area contributed by atoms with E-state index >= 15 is 0 Å². The van der Waals surface area contributed by atoms with E-state index in [1.165, 1.54) is 7.11 Å². The molecule has 0 fully saturated rings. The van der Waals surface area contributed by atoms with E-state index in [-0.39, 0.29) is 11.3 Å². The Balaban J connectivity index is 2.05. The lowest BCUT2D eigenvalue weighted by atomic mass is 10.2. The molecule has 2 rings (SSSR count). The number of carbonyl (C=O) groups excluding carboxylic acids is 2. The summed E-state index contributed by atoms with van der Waals surface area (Å²) in [4.78, 5) is 23.5. The van der Waals surface area contributed by atoms with Crippen molar-refractivity contribution in [3.8, 4) is 17.2 Å². The van der Waals surface area contributed by atoms with Crippen molar-refractivity contribution in [2.45, 2.75) is 26.2 Å². The molecular formula is C20H22O5. The predicted molar refractivity (Wildman–Crippen MR) is 94.8 cm³/mol. The van der Waals surface area contributed by atoms with E-state index in [9.17, 15) is 9.59 Å². The normalized spacial score (nSPS) is 10.2. The van der Waals surface area contributed by atoms with Crippen molar-refractivity contribution < 1.29 is 23.8 Å². The molecule has 0 aromatic heterocycles. The second kappa shape index (κ2) is 9.47. The Morgan fingerprint density at radius 1 is 1.08 bits per heavy atom. The molecule has 0 radical (unpaired) electrons. The summed E-state index contributed by atoms with van der Waals surface area (Å²) in [6, 6.07) is 11.6. The molecule has 0 amide bonds. The minimum atomic E-state index is -0.565. The number of aldehydes is 1. The third-order valence-corrected chi connectivity index (χ3v) is 3.66. The van der Waals surface area contributed by atoms with Gasteiger partial charge in [-0.1, -0.05) is 25.8 Å². The molecule has 2 aromatic carbocycles. The van der Waals surface area contributed by atoms with E-state index in [0.29, 0.717) is 30.0 Å². The number of esters is 1. The van der Waals surface area contributed by atoms with Gasteiger partial charge >= 0.3 is 5.97 Å². The van der Waals surface area contributed by atoms with Gasteiger partial charge in [0.2, 0.25) is 0 Å². The Morgan fingerprint density at radius 3 is 2.48 bits per heavy atom. The van der Waals surface area contributed by atoms with Crippen LogP contribution in [0.15, 0.2) is 42.5 Å². The zero-order valence-corrected chi connectivity index (χ0v) is 14.5. The Morgan fingerprint density at radius 2 is 1.84 bits per heavy atom. The van der Waals surface area contributed by atoms with Gasteiger partial charge in [0, 0.05) is 0 Å². The molecule has 0 bridgehead atoms. The first-order chi connectivity index (χ1) is 12.2. The Hall–Kier alpha value is -2.82. The van der Waals surface area contributed by atoms with Crippen LogP contribution in [-0.4, -0.2) is 26.0 Å². The lowest BCUT2D eigenvalue weighted by molar-refractivity contribution is 0.0728. The lowest BCUT2D eigenvalue weighted by Gasteiger charge is -2.11. The number of para-hydroxylation sites is 1. The Bertz CT molecular complexity index is 707. The quantitative estimate of drug-likeness (QED) is 0.294. The first-order valence-electron chi connectivity index (χ1n) is 8.26. The largest absolute Gasteiger partial charge is 0.494 e. The molecule has 132 valence electrons. The summed E-state index contributed by atoms with van der Waals surface area (Å²) in [6.45, 7) is 2.79. The van der Waals surface area contributed by atoms with Gasteiger partial charge in [0.25, 0.3) is 0 Å². The molecule has 0 aliphatic carbocycles. The molecule has 0 unspecified atom stereocenters. The van der Waals surface area contributed by atoms with Crippen LogP contribution in [-0.2, 0) is 0 Å². The second-order valence-corrected chi connectivity index (χ2v) is 5.47. The third-order valence-electron chi connectivity index (χ3n) is 3.66. The van der Waals surface area contributed by atoms with Crippen LogP contribution in [0.25, 0.3) is 0 Å². The molecule has 0 heterocycles. The van der Waals surface area contributed by atoms with E-state index in [2.05, 4.69) is 6.92 Å². The van der Waals surface area contributed by atoms with Crippen molar-refractivity contribution in [1.82, 2.24) is 0 Å². The molecule has 2 aromatic rings. The minimum absolute atomic E-state index is 0.116. The van der Waals surface area contributed by atoms with Crippen LogP contribution in [0.2, 0.25) is 0 Å². The SMILES string of the molecule is CCCCCOc1ccc(C(=O)Oc2c(C=O)cccc2OC)cc1. The van der Waals surface area contributed by atoms with Crippen LogP contribution in [0.4, 0.5) is 0 Å². The van der Waals surface area contributed by atoms with Crippen LogP contribution < -0.4 is 14.2 Å². The standard InChI is InChI=1S/C20H22O5/c1-3-4-5-13-24-17-11-9-15(10-12-17)20(22)25-19-16(14-21)7-6-8-18(19)23-2/h6-12,14H,3-5,13H2,1-2H3. The fourth-order valence-electron chi connectivity index (χ4n) is 2.28. The van der Waals surface area contributed by atoms with Crippen molar-refractivity contribution in [3.05, 3.63) is 53.6 Å². The van der Waals surface area contributed by atoms with Crippen LogP contribution in [0.5, 0.6) is 17.2 Å². The number of unbranched alkanes of at least 4 members (excludes halogenated alkanes) is 2. The first-order valence-corrected chi connectivity index (χ1v) is 8.26. The zero-order chi connectivity index (χ0) is 18.1. The number of hydrogen-bond donors (Lipinski definition) is 0. The fraction of sp³-hybridized carbons (Fsp3) is 0.300.